The average Bonchev–Trinajstić information content (AvgIpc) is 2.97. The SMILES string of the molecule is NC(N)=NCCC[C@H]1NC(=O)[C@@H](Cc2c[nH]c3cc(Br)ccc23)NC1=O. The summed E-state index contributed by atoms with van der Waals surface area (Å²) in [7, 11) is 0. The number of amides is 2. The Morgan fingerprint density at radius 1 is 1.15 bits per heavy atom. The summed E-state index contributed by atoms with van der Waals surface area (Å²) in [5.74, 6) is -0.335. The van der Waals surface area contributed by atoms with Crippen LogP contribution in [0.3, 0.4) is 0 Å². The van der Waals surface area contributed by atoms with Gasteiger partial charge in [-0.3, -0.25) is 14.6 Å². The first-order valence-corrected chi connectivity index (χ1v) is 9.15. The number of nitrogens with zero attached hydrogens (tertiary/aromatic N) is 1. The number of aliphatic imine (C=N–C) groups is 1. The smallest absolute Gasteiger partial charge is 0.243 e. The van der Waals surface area contributed by atoms with Crippen LogP contribution >= 0.6 is 15.9 Å². The van der Waals surface area contributed by atoms with Gasteiger partial charge in [0, 0.05) is 34.5 Å². The van der Waals surface area contributed by atoms with Crippen LogP contribution in [0.4, 0.5) is 0 Å². The maximum atomic E-state index is 12.4. The van der Waals surface area contributed by atoms with Gasteiger partial charge in [0.05, 0.1) is 0 Å². The number of rotatable bonds is 6. The molecular formula is C17H21BrN6O2. The summed E-state index contributed by atoms with van der Waals surface area (Å²) in [5.41, 5.74) is 12.5. The van der Waals surface area contributed by atoms with Crippen molar-refractivity contribution in [1.29, 1.82) is 0 Å². The number of aromatic nitrogens is 1. The second kappa shape index (κ2) is 7.77. The number of fused-ring (bicyclic) bond motifs is 1. The molecule has 2 atom stereocenters. The van der Waals surface area contributed by atoms with Gasteiger partial charge in [-0.1, -0.05) is 22.0 Å². The molecule has 138 valence electrons. The van der Waals surface area contributed by atoms with Gasteiger partial charge in [0.25, 0.3) is 0 Å². The van der Waals surface area contributed by atoms with Gasteiger partial charge in [0.15, 0.2) is 5.96 Å². The number of aromatic amines is 1. The first kappa shape index (κ1) is 18.2. The van der Waals surface area contributed by atoms with Crippen LogP contribution < -0.4 is 22.1 Å². The number of hydrogen-bond donors (Lipinski definition) is 5. The molecule has 0 unspecified atom stereocenters. The fourth-order valence-electron chi connectivity index (χ4n) is 3.07. The molecule has 3 rings (SSSR count). The van der Waals surface area contributed by atoms with E-state index in [0.29, 0.717) is 25.8 Å². The Labute approximate surface area is 158 Å². The van der Waals surface area contributed by atoms with Gasteiger partial charge >= 0.3 is 0 Å². The number of hydrogen-bond acceptors (Lipinski definition) is 3. The summed E-state index contributed by atoms with van der Waals surface area (Å²) in [5, 5.41) is 6.65. The Morgan fingerprint density at radius 2 is 1.88 bits per heavy atom. The summed E-state index contributed by atoms with van der Waals surface area (Å²) in [4.78, 5) is 31.8. The number of halogens is 1. The topological polar surface area (TPSA) is 138 Å². The van der Waals surface area contributed by atoms with Crippen LogP contribution in [0.5, 0.6) is 0 Å². The Morgan fingerprint density at radius 3 is 2.65 bits per heavy atom. The van der Waals surface area contributed by atoms with Crippen molar-refractivity contribution in [2.45, 2.75) is 31.3 Å². The molecule has 9 heteroatoms. The third-order valence-electron chi connectivity index (χ3n) is 4.36. The zero-order valence-corrected chi connectivity index (χ0v) is 15.7. The number of piperazine rings is 1. The molecule has 26 heavy (non-hydrogen) atoms. The predicted molar refractivity (Wildman–Crippen MR) is 103 cm³/mol. The van der Waals surface area contributed by atoms with Crippen LogP contribution in [-0.4, -0.2) is 41.4 Å². The Kier molecular flexibility index (Phi) is 5.46. The molecule has 8 nitrogen and oxygen atoms in total. The monoisotopic (exact) mass is 420 g/mol. The molecule has 1 aliphatic rings. The number of benzene rings is 1. The number of carbonyl (C=O) groups is 2. The van der Waals surface area contributed by atoms with Gasteiger partial charge in [0.2, 0.25) is 11.8 Å². The minimum absolute atomic E-state index is 0.0213. The lowest BCUT2D eigenvalue weighted by Gasteiger charge is -2.29. The van der Waals surface area contributed by atoms with Crippen molar-refractivity contribution in [3.8, 4) is 0 Å². The van der Waals surface area contributed by atoms with E-state index in [1.807, 2.05) is 24.4 Å². The van der Waals surface area contributed by atoms with E-state index in [-0.39, 0.29) is 17.8 Å². The summed E-state index contributed by atoms with van der Waals surface area (Å²) in [6.45, 7) is 0.427. The van der Waals surface area contributed by atoms with Crippen molar-refractivity contribution in [3.05, 3.63) is 34.4 Å². The van der Waals surface area contributed by atoms with E-state index in [2.05, 4.69) is 36.5 Å². The van der Waals surface area contributed by atoms with Crippen molar-refractivity contribution in [2.75, 3.05) is 6.54 Å². The van der Waals surface area contributed by atoms with Gasteiger partial charge in [-0.15, -0.1) is 0 Å². The van der Waals surface area contributed by atoms with Crippen LogP contribution in [0.15, 0.2) is 33.9 Å². The minimum Gasteiger partial charge on any atom is -0.370 e. The van der Waals surface area contributed by atoms with Crippen molar-refractivity contribution < 1.29 is 9.59 Å². The van der Waals surface area contributed by atoms with Gasteiger partial charge in [-0.05, 0) is 30.5 Å². The molecule has 1 aromatic heterocycles. The van der Waals surface area contributed by atoms with E-state index in [4.69, 9.17) is 11.5 Å². The van der Waals surface area contributed by atoms with E-state index < -0.39 is 12.1 Å². The Hall–Kier alpha value is -2.55. The van der Waals surface area contributed by atoms with Crippen molar-refractivity contribution in [3.63, 3.8) is 0 Å². The minimum atomic E-state index is -0.584. The van der Waals surface area contributed by atoms with Crippen LogP contribution in [0, 0.1) is 0 Å². The molecule has 1 aliphatic heterocycles. The highest BCUT2D eigenvalue weighted by molar-refractivity contribution is 9.10. The lowest BCUT2D eigenvalue weighted by molar-refractivity contribution is -0.136. The normalized spacial score (nSPS) is 19.9. The predicted octanol–water partition coefficient (Wildman–Crippen LogP) is 0.510. The lowest BCUT2D eigenvalue weighted by Crippen LogP contribution is -2.62. The highest BCUT2D eigenvalue weighted by Gasteiger charge is 2.33. The van der Waals surface area contributed by atoms with E-state index in [1.54, 1.807) is 0 Å². The second-order valence-corrected chi connectivity index (χ2v) is 7.19. The summed E-state index contributed by atoms with van der Waals surface area (Å²) >= 11 is 3.43. The molecule has 0 spiro atoms. The highest BCUT2D eigenvalue weighted by Crippen LogP contribution is 2.23. The van der Waals surface area contributed by atoms with Gasteiger partial charge in [0.1, 0.15) is 12.1 Å². The molecule has 7 N–H and O–H groups in total. The van der Waals surface area contributed by atoms with Gasteiger partial charge in [-0.2, -0.15) is 0 Å². The number of nitrogens with two attached hydrogens (primary N) is 2. The molecule has 0 bridgehead atoms. The summed E-state index contributed by atoms with van der Waals surface area (Å²) in [6.07, 6.45) is 3.40. The number of nitrogens with one attached hydrogen (secondary N) is 3. The van der Waals surface area contributed by atoms with Gasteiger partial charge < -0.3 is 27.1 Å². The van der Waals surface area contributed by atoms with E-state index in [0.717, 1.165) is 20.9 Å². The zero-order valence-electron chi connectivity index (χ0n) is 14.1. The highest BCUT2D eigenvalue weighted by atomic mass is 79.9. The fourth-order valence-corrected chi connectivity index (χ4v) is 3.43. The van der Waals surface area contributed by atoms with Crippen LogP contribution in [0.2, 0.25) is 0 Å². The van der Waals surface area contributed by atoms with E-state index in [1.165, 1.54) is 0 Å². The van der Waals surface area contributed by atoms with Gasteiger partial charge in [-0.25, -0.2) is 0 Å². The second-order valence-electron chi connectivity index (χ2n) is 6.28. The Balaban J connectivity index is 1.61. The molecule has 0 saturated carbocycles. The first-order chi connectivity index (χ1) is 12.4. The van der Waals surface area contributed by atoms with Crippen molar-refractivity contribution >= 4 is 44.6 Å². The molecular weight excluding hydrogens is 400 g/mol. The summed E-state index contributed by atoms with van der Waals surface area (Å²) < 4.78 is 0.977. The molecule has 0 aliphatic carbocycles. The molecule has 2 aromatic rings. The molecule has 1 saturated heterocycles. The maximum Gasteiger partial charge on any atom is 0.243 e. The van der Waals surface area contributed by atoms with Crippen LogP contribution in [0.1, 0.15) is 18.4 Å². The quantitative estimate of drug-likeness (QED) is 0.264. The average molecular weight is 421 g/mol. The number of carbonyl (C=O) groups excluding carboxylic acids is 2. The third kappa shape index (κ3) is 4.16. The number of guanidine groups is 1. The van der Waals surface area contributed by atoms with Crippen molar-refractivity contribution in [1.82, 2.24) is 15.6 Å². The Bertz CT molecular complexity index is 858. The molecule has 1 fully saturated rings. The van der Waals surface area contributed by atoms with Crippen molar-refractivity contribution in [2.24, 2.45) is 16.5 Å². The fraction of sp³-hybridized carbons (Fsp3) is 0.353. The van der Waals surface area contributed by atoms with Crippen LogP contribution in [-0.2, 0) is 16.0 Å². The zero-order chi connectivity index (χ0) is 18.7. The third-order valence-corrected chi connectivity index (χ3v) is 4.86. The van der Waals surface area contributed by atoms with Crippen LogP contribution in [0.25, 0.3) is 10.9 Å². The lowest BCUT2D eigenvalue weighted by atomic mass is 10.00. The first-order valence-electron chi connectivity index (χ1n) is 8.35. The van der Waals surface area contributed by atoms with E-state index in [9.17, 15) is 9.59 Å². The standard InChI is InChI=1S/C17H21BrN6O2/c18-10-3-4-11-9(8-22-13(11)7-10)6-14-16(26)23-12(15(25)24-14)2-1-5-21-17(19)20/h3-4,7-8,12,14,22H,1-2,5-6H2,(H,23,26)(H,24,25)(H4,19,20,21)/t12-,14-/m1/s1. The number of H-pyrrole nitrogens is 1. The maximum absolute atomic E-state index is 12.4. The van der Waals surface area contributed by atoms with E-state index >= 15 is 0 Å². The molecule has 2 amide bonds. The molecule has 1 aromatic carbocycles. The molecule has 2 heterocycles. The largest absolute Gasteiger partial charge is 0.370 e. The summed E-state index contributed by atoms with van der Waals surface area (Å²) in [6, 6.07) is 4.78. The molecule has 0 radical (unpaired) electrons.